The van der Waals surface area contributed by atoms with Crippen LogP contribution in [0.5, 0.6) is 0 Å². The second-order valence-electron chi connectivity index (χ2n) is 5.48. The third kappa shape index (κ3) is 3.05. The van der Waals surface area contributed by atoms with E-state index in [9.17, 15) is 0 Å². The molecule has 2 N–H and O–H groups in total. The average molecular weight is 267 g/mol. The Morgan fingerprint density at radius 1 is 1.39 bits per heavy atom. The topological polar surface area (TPSA) is 29.3 Å². The molecule has 100 valence electrons. The van der Waals surface area contributed by atoms with Gasteiger partial charge in [0, 0.05) is 17.6 Å². The van der Waals surface area contributed by atoms with Crippen LogP contribution < -0.4 is 5.73 Å². The van der Waals surface area contributed by atoms with E-state index in [1.165, 1.54) is 18.4 Å². The molecule has 1 aliphatic rings. The molecule has 0 aliphatic carbocycles. The molecule has 3 heteroatoms. The molecule has 1 aliphatic heterocycles. The third-order valence-electron chi connectivity index (χ3n) is 4.06. The molecule has 1 atom stereocenters. The molecule has 0 amide bonds. The molecule has 1 unspecified atom stereocenters. The Labute approximate surface area is 115 Å². The lowest BCUT2D eigenvalue weighted by molar-refractivity contribution is 0.141. The fourth-order valence-electron chi connectivity index (χ4n) is 2.65. The number of hydrogen-bond acceptors (Lipinski definition) is 2. The van der Waals surface area contributed by atoms with Gasteiger partial charge in [0.2, 0.25) is 0 Å². The number of aryl methyl sites for hydroxylation is 1. The Balaban J connectivity index is 2.14. The first-order valence-electron chi connectivity index (χ1n) is 6.82. The predicted molar refractivity (Wildman–Crippen MR) is 78.0 cm³/mol. The second kappa shape index (κ2) is 6.05. The molecule has 0 spiro atoms. The normalized spacial score (nSPS) is 20.0. The Morgan fingerprint density at radius 3 is 2.61 bits per heavy atom. The minimum atomic E-state index is 0.315. The largest absolute Gasteiger partial charge is 0.329 e. The van der Waals surface area contributed by atoms with E-state index in [-0.39, 0.29) is 0 Å². The second-order valence-corrected chi connectivity index (χ2v) is 5.89. The van der Waals surface area contributed by atoms with Crippen molar-refractivity contribution in [2.75, 3.05) is 19.6 Å². The van der Waals surface area contributed by atoms with Crippen molar-refractivity contribution in [3.8, 4) is 0 Å². The van der Waals surface area contributed by atoms with Gasteiger partial charge in [-0.1, -0.05) is 30.7 Å². The summed E-state index contributed by atoms with van der Waals surface area (Å²) in [4.78, 5) is 2.50. The number of nitrogens with two attached hydrogens (primary N) is 1. The Bertz CT molecular complexity index is 397. The van der Waals surface area contributed by atoms with Gasteiger partial charge in [-0.3, -0.25) is 4.90 Å². The zero-order valence-corrected chi connectivity index (χ0v) is 12.1. The van der Waals surface area contributed by atoms with Crippen molar-refractivity contribution in [3.05, 3.63) is 34.3 Å². The molecular formula is C15H23ClN2. The Morgan fingerprint density at radius 2 is 2.06 bits per heavy atom. The predicted octanol–water partition coefficient (Wildman–Crippen LogP) is 3.38. The first-order valence-corrected chi connectivity index (χ1v) is 7.19. The molecule has 0 saturated carbocycles. The van der Waals surface area contributed by atoms with Crippen LogP contribution in [0.15, 0.2) is 18.2 Å². The molecule has 2 rings (SSSR count). The van der Waals surface area contributed by atoms with Gasteiger partial charge in [-0.25, -0.2) is 0 Å². The van der Waals surface area contributed by atoms with Gasteiger partial charge in [0.1, 0.15) is 0 Å². The number of rotatable bonds is 3. The SMILES string of the molecule is Cc1ccc(C(CN)N2CCC(C)CC2)cc1Cl. The lowest BCUT2D eigenvalue weighted by atomic mass is 9.95. The fourth-order valence-corrected chi connectivity index (χ4v) is 2.84. The number of halogens is 1. The van der Waals surface area contributed by atoms with E-state index in [0.717, 1.165) is 29.6 Å². The lowest BCUT2D eigenvalue weighted by Crippen LogP contribution is -2.39. The molecule has 0 bridgehead atoms. The van der Waals surface area contributed by atoms with Gasteiger partial charge in [-0.15, -0.1) is 0 Å². The van der Waals surface area contributed by atoms with E-state index >= 15 is 0 Å². The quantitative estimate of drug-likeness (QED) is 0.909. The standard InChI is InChI=1S/C15H23ClN2/c1-11-5-7-18(8-6-11)15(10-17)13-4-3-12(2)14(16)9-13/h3-4,9,11,15H,5-8,10,17H2,1-2H3. The van der Waals surface area contributed by atoms with Crippen LogP contribution in [0.1, 0.15) is 36.9 Å². The van der Waals surface area contributed by atoms with Crippen LogP contribution in [0.25, 0.3) is 0 Å². The Kier molecular flexibility index (Phi) is 4.66. The molecular weight excluding hydrogens is 244 g/mol. The van der Waals surface area contributed by atoms with Crippen molar-refractivity contribution >= 4 is 11.6 Å². The Hall–Kier alpha value is -0.570. The van der Waals surface area contributed by atoms with Gasteiger partial charge >= 0.3 is 0 Å². The maximum Gasteiger partial charge on any atom is 0.0470 e. The molecule has 1 aromatic rings. The monoisotopic (exact) mass is 266 g/mol. The van der Waals surface area contributed by atoms with E-state index in [2.05, 4.69) is 30.0 Å². The highest BCUT2D eigenvalue weighted by Gasteiger charge is 2.23. The zero-order valence-electron chi connectivity index (χ0n) is 11.3. The maximum absolute atomic E-state index is 6.22. The van der Waals surface area contributed by atoms with Crippen LogP contribution >= 0.6 is 11.6 Å². The summed E-state index contributed by atoms with van der Waals surface area (Å²) in [5.74, 6) is 0.848. The van der Waals surface area contributed by atoms with Crippen molar-refractivity contribution in [2.24, 2.45) is 11.7 Å². The highest BCUT2D eigenvalue weighted by molar-refractivity contribution is 6.31. The summed E-state index contributed by atoms with van der Waals surface area (Å²) in [6.45, 7) is 7.32. The van der Waals surface area contributed by atoms with Gasteiger partial charge in [0.15, 0.2) is 0 Å². The molecule has 1 saturated heterocycles. The van der Waals surface area contributed by atoms with Gasteiger partial charge in [-0.05, 0) is 56.0 Å². The first kappa shape index (κ1) is 13.9. The van der Waals surface area contributed by atoms with Crippen molar-refractivity contribution in [1.82, 2.24) is 4.90 Å². The van der Waals surface area contributed by atoms with Gasteiger partial charge in [-0.2, -0.15) is 0 Å². The summed E-state index contributed by atoms with van der Waals surface area (Å²) in [7, 11) is 0. The van der Waals surface area contributed by atoms with Crippen LogP contribution in [0, 0.1) is 12.8 Å². The number of nitrogens with zero attached hydrogens (tertiary/aromatic N) is 1. The van der Waals surface area contributed by atoms with Crippen LogP contribution in [0.4, 0.5) is 0 Å². The number of benzene rings is 1. The molecule has 18 heavy (non-hydrogen) atoms. The van der Waals surface area contributed by atoms with E-state index < -0.39 is 0 Å². The van der Waals surface area contributed by atoms with Crippen LogP contribution in [-0.2, 0) is 0 Å². The summed E-state index contributed by atoms with van der Waals surface area (Å²) in [6.07, 6.45) is 2.55. The van der Waals surface area contributed by atoms with Crippen LogP contribution in [-0.4, -0.2) is 24.5 Å². The lowest BCUT2D eigenvalue weighted by Gasteiger charge is -2.36. The minimum absolute atomic E-state index is 0.315. The van der Waals surface area contributed by atoms with E-state index in [4.69, 9.17) is 17.3 Å². The fraction of sp³-hybridized carbons (Fsp3) is 0.600. The van der Waals surface area contributed by atoms with E-state index in [1.807, 2.05) is 6.92 Å². The highest BCUT2D eigenvalue weighted by Crippen LogP contribution is 2.28. The summed E-state index contributed by atoms with van der Waals surface area (Å²) >= 11 is 6.22. The molecule has 2 nitrogen and oxygen atoms in total. The molecule has 0 aromatic heterocycles. The number of hydrogen-bond donors (Lipinski definition) is 1. The van der Waals surface area contributed by atoms with Gasteiger partial charge in [0.25, 0.3) is 0 Å². The van der Waals surface area contributed by atoms with Crippen molar-refractivity contribution in [1.29, 1.82) is 0 Å². The zero-order chi connectivity index (χ0) is 13.1. The number of likely N-dealkylation sites (tertiary alicyclic amines) is 1. The van der Waals surface area contributed by atoms with Crippen molar-refractivity contribution in [2.45, 2.75) is 32.7 Å². The molecule has 0 radical (unpaired) electrons. The summed E-state index contributed by atoms with van der Waals surface area (Å²) in [5, 5.41) is 0.844. The van der Waals surface area contributed by atoms with Crippen molar-refractivity contribution < 1.29 is 0 Å². The van der Waals surface area contributed by atoms with Crippen molar-refractivity contribution in [3.63, 3.8) is 0 Å². The minimum Gasteiger partial charge on any atom is -0.329 e. The van der Waals surface area contributed by atoms with E-state index in [0.29, 0.717) is 12.6 Å². The summed E-state index contributed by atoms with van der Waals surface area (Å²) in [6, 6.07) is 6.64. The smallest absolute Gasteiger partial charge is 0.0470 e. The average Bonchev–Trinajstić information content (AvgIpc) is 2.37. The maximum atomic E-state index is 6.22. The highest BCUT2D eigenvalue weighted by atomic mass is 35.5. The summed E-state index contributed by atoms with van der Waals surface area (Å²) < 4.78 is 0. The molecule has 1 aromatic carbocycles. The van der Waals surface area contributed by atoms with Gasteiger partial charge in [0.05, 0.1) is 0 Å². The molecule has 1 heterocycles. The van der Waals surface area contributed by atoms with Crippen LogP contribution in [0.3, 0.4) is 0 Å². The van der Waals surface area contributed by atoms with E-state index in [1.54, 1.807) is 0 Å². The molecule has 1 fully saturated rings. The summed E-state index contributed by atoms with van der Waals surface area (Å²) in [5.41, 5.74) is 8.35. The number of piperidine rings is 1. The third-order valence-corrected chi connectivity index (χ3v) is 4.47. The first-order chi connectivity index (χ1) is 8.61. The van der Waals surface area contributed by atoms with Crippen LogP contribution in [0.2, 0.25) is 5.02 Å². The van der Waals surface area contributed by atoms with Gasteiger partial charge < -0.3 is 5.73 Å².